The summed E-state index contributed by atoms with van der Waals surface area (Å²) in [7, 11) is 2.93. The summed E-state index contributed by atoms with van der Waals surface area (Å²) in [4.78, 5) is 40.0. The van der Waals surface area contributed by atoms with Crippen LogP contribution in [0, 0.1) is 12.3 Å². The number of rotatable bonds is 8. The smallest absolute Gasteiger partial charge is 0.408 e. The number of aliphatic hydroxyl groups excluding tert-OH is 1. The number of benzene rings is 2. The van der Waals surface area contributed by atoms with Crippen molar-refractivity contribution in [3.63, 3.8) is 0 Å². The Bertz CT molecular complexity index is 1090. The van der Waals surface area contributed by atoms with Crippen molar-refractivity contribution < 1.29 is 29.0 Å². The number of terminal acetylenes is 1. The van der Waals surface area contributed by atoms with Crippen LogP contribution in [0.2, 0.25) is 0 Å². The van der Waals surface area contributed by atoms with Crippen molar-refractivity contribution >= 4 is 23.6 Å². The lowest BCUT2D eigenvalue weighted by atomic mass is 9.98. The molecule has 0 heterocycles. The van der Waals surface area contributed by atoms with Crippen LogP contribution in [-0.4, -0.2) is 60.3 Å². The quantitative estimate of drug-likeness (QED) is 0.499. The van der Waals surface area contributed by atoms with E-state index in [1.165, 1.54) is 14.2 Å². The van der Waals surface area contributed by atoms with Gasteiger partial charge in [0.2, 0.25) is 5.91 Å². The number of hydrogen-bond acceptors (Lipinski definition) is 6. The summed E-state index contributed by atoms with van der Waals surface area (Å²) in [6.45, 7) is 4.31. The lowest BCUT2D eigenvalue weighted by Gasteiger charge is -2.31. The molecule has 3 amide bonds. The van der Waals surface area contributed by atoms with E-state index in [1.54, 1.807) is 69.3 Å². The molecule has 2 rings (SSSR count). The first-order valence-corrected chi connectivity index (χ1v) is 10.9. The van der Waals surface area contributed by atoms with Crippen molar-refractivity contribution in [3.05, 3.63) is 59.7 Å². The van der Waals surface area contributed by atoms with Crippen molar-refractivity contribution in [2.24, 2.45) is 0 Å². The molecule has 9 heteroatoms. The maximum absolute atomic E-state index is 13.4. The van der Waals surface area contributed by atoms with E-state index < -0.39 is 42.2 Å². The second-order valence-electron chi connectivity index (χ2n) is 8.68. The molecule has 2 atom stereocenters. The Balaban J connectivity index is 2.37. The van der Waals surface area contributed by atoms with Gasteiger partial charge in [0, 0.05) is 18.3 Å². The Hall–Kier alpha value is -4.03. The molecular formula is C26H31N3O6. The Labute approximate surface area is 205 Å². The number of anilines is 1. The van der Waals surface area contributed by atoms with Crippen LogP contribution in [0.3, 0.4) is 0 Å². The zero-order chi connectivity index (χ0) is 26.2. The highest BCUT2D eigenvalue weighted by molar-refractivity contribution is 5.99. The van der Waals surface area contributed by atoms with Crippen molar-refractivity contribution in [3.8, 4) is 18.1 Å². The van der Waals surface area contributed by atoms with Gasteiger partial charge < -0.3 is 30.1 Å². The topological polar surface area (TPSA) is 117 Å². The maximum atomic E-state index is 13.4. The molecule has 3 N–H and O–H groups in total. The summed E-state index contributed by atoms with van der Waals surface area (Å²) in [5, 5.41) is 14.9. The number of hydrogen-bond donors (Lipinski definition) is 3. The molecule has 35 heavy (non-hydrogen) atoms. The Kier molecular flexibility index (Phi) is 9.26. The van der Waals surface area contributed by atoms with Crippen LogP contribution >= 0.6 is 0 Å². The van der Waals surface area contributed by atoms with E-state index in [4.69, 9.17) is 15.9 Å². The molecular weight excluding hydrogens is 450 g/mol. The van der Waals surface area contributed by atoms with E-state index in [0.29, 0.717) is 22.6 Å². The van der Waals surface area contributed by atoms with E-state index in [0.717, 1.165) is 4.90 Å². The minimum absolute atomic E-state index is 0.408. The highest BCUT2D eigenvalue weighted by Crippen LogP contribution is 2.26. The van der Waals surface area contributed by atoms with Crippen LogP contribution < -0.4 is 15.4 Å². The zero-order valence-corrected chi connectivity index (χ0v) is 20.5. The van der Waals surface area contributed by atoms with Crippen molar-refractivity contribution in [2.75, 3.05) is 26.1 Å². The number of nitrogens with one attached hydrogen (secondary N) is 2. The number of ether oxygens (including phenoxy) is 2. The molecule has 0 fully saturated rings. The van der Waals surface area contributed by atoms with Gasteiger partial charge in [0.05, 0.1) is 13.7 Å². The van der Waals surface area contributed by atoms with Crippen LogP contribution in [0.1, 0.15) is 37.9 Å². The third kappa shape index (κ3) is 7.48. The van der Waals surface area contributed by atoms with Gasteiger partial charge in [0.25, 0.3) is 5.91 Å². The van der Waals surface area contributed by atoms with Crippen molar-refractivity contribution in [1.29, 1.82) is 0 Å². The molecule has 2 aromatic carbocycles. The molecule has 0 saturated heterocycles. The molecule has 9 nitrogen and oxygen atoms in total. The standard InChI is InChI=1S/C26H31N3O6/c1-7-17-10-8-9-11-20(17)22(23(31)27-18-12-14-19(34-6)15-13-18)29(5)24(32)21(16-30)28-25(33)35-26(2,3)4/h1,8-15,21-22,30H,16H2,2-6H3,(H,27,31)(H,28,33). The van der Waals surface area contributed by atoms with Crippen LogP contribution in [0.25, 0.3) is 0 Å². The SMILES string of the molecule is C#Cc1ccccc1C(C(=O)Nc1ccc(OC)cc1)N(C)C(=O)C(CO)NC(=O)OC(C)(C)C. The summed E-state index contributed by atoms with van der Waals surface area (Å²) in [6.07, 6.45) is 4.77. The largest absolute Gasteiger partial charge is 0.497 e. The molecule has 0 aliphatic rings. The first-order chi connectivity index (χ1) is 16.5. The summed E-state index contributed by atoms with van der Waals surface area (Å²) in [6, 6.07) is 10.9. The average Bonchev–Trinajstić information content (AvgIpc) is 2.81. The van der Waals surface area contributed by atoms with Crippen LogP contribution in [0.15, 0.2) is 48.5 Å². The third-order valence-electron chi connectivity index (χ3n) is 4.92. The highest BCUT2D eigenvalue weighted by Gasteiger charge is 2.35. The first-order valence-electron chi connectivity index (χ1n) is 10.9. The number of likely N-dealkylation sites (N-methyl/N-ethyl adjacent to an activating group) is 1. The van der Waals surface area contributed by atoms with E-state index in [2.05, 4.69) is 16.6 Å². The fourth-order valence-corrected chi connectivity index (χ4v) is 3.29. The monoisotopic (exact) mass is 481 g/mol. The predicted molar refractivity (Wildman–Crippen MR) is 132 cm³/mol. The summed E-state index contributed by atoms with van der Waals surface area (Å²) in [5.41, 5.74) is 0.505. The second kappa shape index (κ2) is 11.9. The fraction of sp³-hybridized carbons (Fsp3) is 0.346. The average molecular weight is 482 g/mol. The summed E-state index contributed by atoms with van der Waals surface area (Å²) in [5.74, 6) is 1.90. The molecule has 0 aromatic heterocycles. The Morgan fingerprint density at radius 3 is 2.29 bits per heavy atom. The Morgan fingerprint density at radius 2 is 1.74 bits per heavy atom. The second-order valence-corrected chi connectivity index (χ2v) is 8.68. The molecule has 0 spiro atoms. The van der Waals surface area contributed by atoms with Crippen LogP contribution in [0.5, 0.6) is 5.75 Å². The maximum Gasteiger partial charge on any atom is 0.408 e. The highest BCUT2D eigenvalue weighted by atomic mass is 16.6. The summed E-state index contributed by atoms with van der Waals surface area (Å²) < 4.78 is 10.3. The van der Waals surface area contributed by atoms with Gasteiger partial charge in [0.15, 0.2) is 0 Å². The summed E-state index contributed by atoms with van der Waals surface area (Å²) >= 11 is 0. The molecule has 186 valence electrons. The predicted octanol–water partition coefficient (Wildman–Crippen LogP) is 2.70. The lowest BCUT2D eigenvalue weighted by Crippen LogP contribution is -2.52. The van der Waals surface area contributed by atoms with E-state index in [-0.39, 0.29) is 0 Å². The minimum Gasteiger partial charge on any atom is -0.497 e. The van der Waals surface area contributed by atoms with Gasteiger partial charge in [-0.15, -0.1) is 6.42 Å². The molecule has 0 aliphatic carbocycles. The van der Waals surface area contributed by atoms with E-state index >= 15 is 0 Å². The van der Waals surface area contributed by atoms with Crippen LogP contribution in [0.4, 0.5) is 10.5 Å². The number of alkyl carbamates (subject to hydrolysis) is 1. The number of carbonyl (C=O) groups excluding carboxylic acids is 3. The molecule has 0 bridgehead atoms. The van der Waals surface area contributed by atoms with Crippen LogP contribution in [-0.2, 0) is 14.3 Å². The van der Waals surface area contributed by atoms with Gasteiger partial charge in [-0.05, 0) is 56.7 Å². The van der Waals surface area contributed by atoms with Gasteiger partial charge in [0.1, 0.15) is 23.4 Å². The molecule has 0 radical (unpaired) electrons. The van der Waals surface area contributed by atoms with Crippen molar-refractivity contribution in [2.45, 2.75) is 38.5 Å². The number of methoxy groups -OCH3 is 1. The van der Waals surface area contributed by atoms with Gasteiger partial charge in [-0.25, -0.2) is 4.79 Å². The number of amides is 3. The number of aliphatic hydroxyl groups is 1. The van der Waals surface area contributed by atoms with Gasteiger partial charge in [-0.3, -0.25) is 9.59 Å². The molecule has 2 aromatic rings. The van der Waals surface area contributed by atoms with E-state index in [1.807, 2.05) is 0 Å². The third-order valence-corrected chi connectivity index (χ3v) is 4.92. The first kappa shape index (κ1) is 27.2. The Morgan fingerprint density at radius 1 is 1.11 bits per heavy atom. The fourth-order valence-electron chi connectivity index (χ4n) is 3.29. The van der Waals surface area contributed by atoms with Gasteiger partial charge in [-0.2, -0.15) is 0 Å². The van der Waals surface area contributed by atoms with Gasteiger partial charge in [-0.1, -0.05) is 24.1 Å². The molecule has 0 saturated carbocycles. The lowest BCUT2D eigenvalue weighted by molar-refractivity contribution is -0.139. The normalized spacial score (nSPS) is 12.5. The minimum atomic E-state index is -1.34. The zero-order valence-electron chi connectivity index (χ0n) is 20.5. The van der Waals surface area contributed by atoms with E-state index in [9.17, 15) is 19.5 Å². The number of nitrogens with zero attached hydrogens (tertiary/aromatic N) is 1. The molecule has 2 unspecified atom stereocenters. The van der Waals surface area contributed by atoms with Crippen molar-refractivity contribution in [1.82, 2.24) is 10.2 Å². The number of carbonyl (C=O) groups is 3. The molecule has 0 aliphatic heterocycles. The van der Waals surface area contributed by atoms with Gasteiger partial charge >= 0.3 is 6.09 Å².